The highest BCUT2D eigenvalue weighted by Crippen LogP contribution is 2.23. The van der Waals surface area contributed by atoms with Crippen molar-refractivity contribution in [3.8, 4) is 5.75 Å². The lowest BCUT2D eigenvalue weighted by molar-refractivity contribution is -0.126. The van der Waals surface area contributed by atoms with Gasteiger partial charge in [-0.25, -0.2) is 0 Å². The Kier molecular flexibility index (Phi) is 6.28. The molecule has 1 aliphatic rings. The molecular formula is C25H26N2O3. The van der Waals surface area contributed by atoms with Crippen LogP contribution >= 0.6 is 0 Å². The van der Waals surface area contributed by atoms with Crippen molar-refractivity contribution >= 4 is 22.6 Å². The van der Waals surface area contributed by atoms with Gasteiger partial charge in [-0.1, -0.05) is 54.6 Å². The smallest absolute Gasteiger partial charge is 0.254 e. The molecule has 5 heteroatoms. The molecule has 1 fully saturated rings. The first-order valence-electron chi connectivity index (χ1n) is 10.4. The predicted molar refractivity (Wildman–Crippen MR) is 118 cm³/mol. The van der Waals surface area contributed by atoms with Gasteiger partial charge in [0.2, 0.25) is 5.91 Å². The number of rotatable bonds is 6. The number of carbonyl (C=O) groups excluding carboxylic acids is 2. The predicted octanol–water partition coefficient (Wildman–Crippen LogP) is 3.89. The zero-order chi connectivity index (χ0) is 20.8. The van der Waals surface area contributed by atoms with Gasteiger partial charge in [0.15, 0.2) is 0 Å². The molecule has 0 spiro atoms. The van der Waals surface area contributed by atoms with Crippen molar-refractivity contribution in [2.75, 3.05) is 26.2 Å². The molecule has 30 heavy (non-hydrogen) atoms. The fraction of sp³-hybridized carbons (Fsp3) is 0.280. The summed E-state index contributed by atoms with van der Waals surface area (Å²) < 4.78 is 5.62. The van der Waals surface area contributed by atoms with Crippen molar-refractivity contribution < 1.29 is 14.3 Å². The van der Waals surface area contributed by atoms with E-state index in [4.69, 9.17) is 4.74 Å². The second-order valence-corrected chi connectivity index (χ2v) is 7.57. The summed E-state index contributed by atoms with van der Waals surface area (Å²) in [5, 5.41) is 4.95. The number of fused-ring (bicyclic) bond motifs is 1. The first-order valence-corrected chi connectivity index (χ1v) is 10.4. The number of hydrogen-bond acceptors (Lipinski definition) is 3. The zero-order valence-electron chi connectivity index (χ0n) is 16.9. The van der Waals surface area contributed by atoms with Gasteiger partial charge < -0.3 is 15.0 Å². The number of piperidine rings is 1. The minimum absolute atomic E-state index is 0.00305. The number of likely N-dealkylation sites (tertiary alicyclic amines) is 1. The molecule has 3 aromatic carbocycles. The Morgan fingerprint density at radius 2 is 1.73 bits per heavy atom. The SMILES string of the molecule is O=C(NCCOc1ccccc1)[C@H]1CCCN(C(=O)c2cccc3ccccc23)C1. The number of benzene rings is 3. The molecule has 1 N–H and O–H groups in total. The van der Waals surface area contributed by atoms with Crippen LogP contribution in [0.3, 0.4) is 0 Å². The molecular weight excluding hydrogens is 376 g/mol. The first-order chi connectivity index (χ1) is 14.7. The van der Waals surface area contributed by atoms with Crippen molar-refractivity contribution in [2.45, 2.75) is 12.8 Å². The topological polar surface area (TPSA) is 58.6 Å². The van der Waals surface area contributed by atoms with Gasteiger partial charge in [0, 0.05) is 18.7 Å². The molecule has 1 aliphatic heterocycles. The van der Waals surface area contributed by atoms with E-state index in [1.54, 1.807) is 0 Å². The first kappa shape index (κ1) is 20.0. The summed E-state index contributed by atoms with van der Waals surface area (Å²) in [7, 11) is 0. The standard InChI is InChI=1S/C25H26N2O3/c28-24(26-15-17-30-21-11-2-1-3-12-21)20-10-7-16-27(18-20)25(29)23-14-6-9-19-8-4-5-13-22(19)23/h1-6,8-9,11-14,20H,7,10,15-18H2,(H,26,28)/t20-/m0/s1. The highest BCUT2D eigenvalue weighted by molar-refractivity contribution is 6.07. The van der Waals surface area contributed by atoms with E-state index in [0.717, 1.165) is 29.4 Å². The van der Waals surface area contributed by atoms with Crippen LogP contribution in [0.5, 0.6) is 5.75 Å². The van der Waals surface area contributed by atoms with E-state index in [-0.39, 0.29) is 17.7 Å². The minimum atomic E-state index is -0.186. The van der Waals surface area contributed by atoms with Crippen LogP contribution in [0.25, 0.3) is 10.8 Å². The van der Waals surface area contributed by atoms with Crippen LogP contribution in [0.4, 0.5) is 0 Å². The Morgan fingerprint density at radius 3 is 2.60 bits per heavy atom. The van der Waals surface area contributed by atoms with Crippen molar-refractivity contribution in [3.63, 3.8) is 0 Å². The number of amides is 2. The molecule has 0 aliphatic carbocycles. The van der Waals surface area contributed by atoms with Crippen LogP contribution in [-0.4, -0.2) is 43.0 Å². The molecule has 5 nitrogen and oxygen atoms in total. The Balaban J connectivity index is 1.33. The van der Waals surface area contributed by atoms with Crippen molar-refractivity contribution in [3.05, 3.63) is 78.4 Å². The highest BCUT2D eigenvalue weighted by atomic mass is 16.5. The monoisotopic (exact) mass is 402 g/mol. The second kappa shape index (κ2) is 9.44. The normalized spacial score (nSPS) is 16.3. The van der Waals surface area contributed by atoms with Gasteiger partial charge in [0.25, 0.3) is 5.91 Å². The number of nitrogens with zero attached hydrogens (tertiary/aromatic N) is 1. The maximum absolute atomic E-state index is 13.2. The fourth-order valence-electron chi connectivity index (χ4n) is 3.96. The molecule has 2 amide bonds. The Morgan fingerprint density at radius 1 is 0.967 bits per heavy atom. The molecule has 1 atom stereocenters. The number of nitrogens with one attached hydrogen (secondary N) is 1. The summed E-state index contributed by atoms with van der Waals surface area (Å²) in [4.78, 5) is 27.6. The van der Waals surface area contributed by atoms with Gasteiger partial charge in [-0.15, -0.1) is 0 Å². The molecule has 1 saturated heterocycles. The second-order valence-electron chi connectivity index (χ2n) is 7.57. The van der Waals surface area contributed by atoms with Crippen molar-refractivity contribution in [2.24, 2.45) is 5.92 Å². The van der Waals surface area contributed by atoms with Gasteiger partial charge in [0.05, 0.1) is 12.5 Å². The quantitative estimate of drug-likeness (QED) is 0.637. The molecule has 0 aromatic heterocycles. The third-order valence-corrected chi connectivity index (χ3v) is 5.51. The largest absolute Gasteiger partial charge is 0.492 e. The van der Waals surface area contributed by atoms with E-state index in [1.165, 1.54) is 0 Å². The molecule has 4 rings (SSSR count). The maximum Gasteiger partial charge on any atom is 0.254 e. The van der Waals surface area contributed by atoms with Crippen LogP contribution in [0, 0.1) is 5.92 Å². The molecule has 3 aromatic rings. The van der Waals surface area contributed by atoms with Crippen molar-refractivity contribution in [1.82, 2.24) is 10.2 Å². The van der Waals surface area contributed by atoms with Gasteiger partial charge in [-0.2, -0.15) is 0 Å². The van der Waals surface area contributed by atoms with E-state index in [0.29, 0.717) is 31.8 Å². The third-order valence-electron chi connectivity index (χ3n) is 5.51. The lowest BCUT2D eigenvalue weighted by atomic mass is 9.95. The summed E-state index contributed by atoms with van der Waals surface area (Å²) >= 11 is 0. The van der Waals surface area contributed by atoms with E-state index in [1.807, 2.05) is 77.7 Å². The van der Waals surface area contributed by atoms with Gasteiger partial charge in [0.1, 0.15) is 12.4 Å². The molecule has 0 bridgehead atoms. The number of hydrogen-bond donors (Lipinski definition) is 1. The summed E-state index contributed by atoms with van der Waals surface area (Å²) in [5.41, 5.74) is 0.699. The summed E-state index contributed by atoms with van der Waals surface area (Å²) in [5.74, 6) is 0.587. The van der Waals surface area contributed by atoms with Crippen molar-refractivity contribution in [1.29, 1.82) is 0 Å². The zero-order valence-corrected chi connectivity index (χ0v) is 16.9. The average molecular weight is 402 g/mol. The van der Waals surface area contributed by atoms with E-state index in [9.17, 15) is 9.59 Å². The van der Waals surface area contributed by atoms with Gasteiger partial charge in [-0.3, -0.25) is 9.59 Å². The van der Waals surface area contributed by atoms with Crippen LogP contribution in [0.2, 0.25) is 0 Å². The number of para-hydroxylation sites is 1. The average Bonchev–Trinajstić information content (AvgIpc) is 2.81. The fourth-order valence-corrected chi connectivity index (χ4v) is 3.96. The highest BCUT2D eigenvalue weighted by Gasteiger charge is 2.29. The van der Waals surface area contributed by atoms with Crippen LogP contribution < -0.4 is 10.1 Å². The minimum Gasteiger partial charge on any atom is -0.492 e. The Bertz CT molecular complexity index is 1010. The Hall–Kier alpha value is -3.34. The molecule has 0 radical (unpaired) electrons. The lowest BCUT2D eigenvalue weighted by Crippen LogP contribution is -2.46. The Labute approximate surface area is 176 Å². The van der Waals surface area contributed by atoms with E-state index >= 15 is 0 Å². The number of ether oxygens (including phenoxy) is 1. The summed E-state index contributed by atoms with van der Waals surface area (Å²) in [6.07, 6.45) is 1.62. The summed E-state index contributed by atoms with van der Waals surface area (Å²) in [6, 6.07) is 23.2. The third kappa shape index (κ3) is 4.62. The molecule has 1 heterocycles. The lowest BCUT2D eigenvalue weighted by Gasteiger charge is -2.32. The van der Waals surface area contributed by atoms with Crippen LogP contribution in [0.15, 0.2) is 72.8 Å². The summed E-state index contributed by atoms with van der Waals surface area (Å²) in [6.45, 7) is 2.00. The van der Waals surface area contributed by atoms with E-state index in [2.05, 4.69) is 5.32 Å². The van der Waals surface area contributed by atoms with Crippen LogP contribution in [-0.2, 0) is 4.79 Å². The molecule has 154 valence electrons. The van der Waals surface area contributed by atoms with Gasteiger partial charge >= 0.3 is 0 Å². The van der Waals surface area contributed by atoms with Gasteiger partial charge in [-0.05, 0) is 41.8 Å². The number of carbonyl (C=O) groups is 2. The van der Waals surface area contributed by atoms with E-state index < -0.39 is 0 Å². The molecule has 0 saturated carbocycles. The maximum atomic E-state index is 13.2. The molecule has 0 unspecified atom stereocenters. The van der Waals surface area contributed by atoms with Crippen LogP contribution in [0.1, 0.15) is 23.2 Å².